The van der Waals surface area contributed by atoms with Gasteiger partial charge in [0.05, 0.1) is 68.5 Å². The molecule has 0 radical (unpaired) electrons. The summed E-state index contributed by atoms with van der Waals surface area (Å²) in [5.74, 6) is 0. The fourth-order valence-corrected chi connectivity index (χ4v) is 3.03. The number of nitro benzene ring substituents is 1. The van der Waals surface area contributed by atoms with Crippen molar-refractivity contribution in [2.24, 2.45) is 0 Å². The molecule has 0 aliphatic rings. The van der Waals surface area contributed by atoms with E-state index in [9.17, 15) is 10.1 Å². The first-order valence-corrected chi connectivity index (χ1v) is 10.5. The van der Waals surface area contributed by atoms with E-state index in [-0.39, 0.29) is 16.8 Å². The average molecular weight is 463 g/mol. The Labute approximate surface area is 190 Å². The molecule has 180 valence electrons. The van der Waals surface area contributed by atoms with E-state index in [0.717, 1.165) is 5.69 Å². The minimum absolute atomic E-state index is 0.107. The van der Waals surface area contributed by atoms with Crippen molar-refractivity contribution in [1.82, 2.24) is 25.3 Å². The maximum atomic E-state index is 11.1. The molecule has 2 aromatic heterocycles. The lowest BCUT2D eigenvalue weighted by molar-refractivity contribution is -0.383. The Bertz CT molecular complexity index is 1050. The first kappa shape index (κ1) is 24.5. The smallest absolute Gasteiger partial charge is 0.300 e. The highest BCUT2D eigenvalue weighted by atomic mass is 16.6. The minimum atomic E-state index is -0.516. The molecule has 0 spiro atoms. The topological polar surface area (TPSA) is 144 Å². The Hall–Kier alpha value is -3.16. The molecule has 2 heterocycles. The van der Waals surface area contributed by atoms with E-state index < -0.39 is 4.92 Å². The quantitative estimate of drug-likeness (QED) is 0.209. The van der Waals surface area contributed by atoms with Crippen LogP contribution in [-0.4, -0.2) is 75.9 Å². The summed E-state index contributed by atoms with van der Waals surface area (Å²) >= 11 is 0. The summed E-state index contributed by atoms with van der Waals surface area (Å²) in [6.07, 6.45) is 1.82. The Morgan fingerprint density at radius 1 is 1.09 bits per heavy atom. The number of anilines is 1. The number of hydrogen-bond donors (Lipinski definition) is 0. The molecule has 0 atom stereocenters. The van der Waals surface area contributed by atoms with Gasteiger partial charge in [0.2, 0.25) is 5.52 Å². The Morgan fingerprint density at radius 3 is 2.52 bits per heavy atom. The fraction of sp³-hybridized carbons (Fsp3) is 0.600. The highest BCUT2D eigenvalue weighted by molar-refractivity contribution is 5.93. The molecule has 0 aliphatic carbocycles. The summed E-state index contributed by atoms with van der Waals surface area (Å²) in [7, 11) is 1.82. The average Bonchev–Trinajstić information content (AvgIpc) is 3.40. The molecule has 0 N–H and O–H groups in total. The Morgan fingerprint density at radius 2 is 1.79 bits per heavy atom. The number of nitrogens with zero attached hydrogens (tertiary/aromatic N) is 7. The predicted octanol–water partition coefficient (Wildman–Crippen LogP) is 2.21. The molecule has 0 amide bonds. The van der Waals surface area contributed by atoms with Gasteiger partial charge in [0.15, 0.2) is 5.52 Å². The van der Waals surface area contributed by atoms with Crippen LogP contribution in [0.4, 0.5) is 11.4 Å². The van der Waals surface area contributed by atoms with Crippen molar-refractivity contribution in [3.8, 4) is 0 Å². The third kappa shape index (κ3) is 7.17. The largest absolute Gasteiger partial charge is 0.377 e. The highest BCUT2D eigenvalue weighted by Crippen LogP contribution is 2.31. The van der Waals surface area contributed by atoms with Crippen molar-refractivity contribution in [3.05, 3.63) is 34.1 Å². The number of non-ortho nitro benzene ring substituents is 1. The van der Waals surface area contributed by atoms with Gasteiger partial charge in [-0.1, -0.05) is 5.21 Å². The maximum absolute atomic E-state index is 11.1. The molecule has 3 rings (SSSR count). The van der Waals surface area contributed by atoms with Gasteiger partial charge in [0, 0.05) is 13.1 Å². The van der Waals surface area contributed by atoms with Gasteiger partial charge in [-0.15, -0.1) is 5.10 Å². The highest BCUT2D eigenvalue weighted by Gasteiger charge is 2.21. The van der Waals surface area contributed by atoms with Crippen LogP contribution in [0.2, 0.25) is 0 Å². The van der Waals surface area contributed by atoms with E-state index in [2.05, 4.69) is 20.6 Å². The van der Waals surface area contributed by atoms with Crippen molar-refractivity contribution < 1.29 is 23.8 Å². The first-order chi connectivity index (χ1) is 15.7. The summed E-state index contributed by atoms with van der Waals surface area (Å²) in [6.45, 7) is 9.55. The van der Waals surface area contributed by atoms with Gasteiger partial charge in [-0.3, -0.25) is 10.1 Å². The molecule has 0 saturated heterocycles. The van der Waals surface area contributed by atoms with Crippen molar-refractivity contribution in [2.75, 3.05) is 45.0 Å². The standard InChI is InChI=1S/C20H29N7O6/c1-20(2,3)32-12-11-31-10-9-30-8-7-26-14-15(21-24-26)13-25(4)16-5-6-17(27(28)29)19-18(16)22-33-23-19/h5-6,14H,7-13H2,1-4H3. The third-order valence-corrected chi connectivity index (χ3v) is 4.57. The van der Waals surface area contributed by atoms with E-state index in [1.54, 1.807) is 10.7 Å². The lowest BCUT2D eigenvalue weighted by Gasteiger charge is -2.19. The number of hydrogen-bond acceptors (Lipinski definition) is 11. The first-order valence-electron chi connectivity index (χ1n) is 10.5. The normalized spacial score (nSPS) is 11.9. The van der Waals surface area contributed by atoms with Crippen LogP contribution in [0.25, 0.3) is 11.0 Å². The van der Waals surface area contributed by atoms with Gasteiger partial charge in [-0.05, 0) is 37.2 Å². The van der Waals surface area contributed by atoms with E-state index in [0.29, 0.717) is 57.3 Å². The number of fused-ring (bicyclic) bond motifs is 1. The van der Waals surface area contributed by atoms with Gasteiger partial charge in [0.1, 0.15) is 5.69 Å². The second-order valence-corrected chi connectivity index (χ2v) is 8.34. The van der Waals surface area contributed by atoms with Crippen LogP contribution < -0.4 is 4.90 Å². The van der Waals surface area contributed by atoms with E-state index in [1.807, 2.05) is 38.9 Å². The molecule has 0 bridgehead atoms. The zero-order valence-electron chi connectivity index (χ0n) is 19.3. The second kappa shape index (κ2) is 11.1. The molecule has 0 aliphatic heterocycles. The van der Waals surface area contributed by atoms with Crippen molar-refractivity contribution in [2.45, 2.75) is 39.5 Å². The number of ether oxygens (including phenoxy) is 3. The van der Waals surface area contributed by atoms with E-state index >= 15 is 0 Å². The second-order valence-electron chi connectivity index (χ2n) is 8.34. The van der Waals surface area contributed by atoms with Crippen LogP contribution in [0.5, 0.6) is 0 Å². The molecular weight excluding hydrogens is 434 g/mol. The van der Waals surface area contributed by atoms with Crippen LogP contribution in [0.15, 0.2) is 23.0 Å². The van der Waals surface area contributed by atoms with Gasteiger partial charge in [-0.2, -0.15) is 0 Å². The summed E-state index contributed by atoms with van der Waals surface area (Å²) in [4.78, 5) is 12.5. The number of nitro groups is 1. The van der Waals surface area contributed by atoms with Gasteiger partial charge in [0.25, 0.3) is 0 Å². The van der Waals surface area contributed by atoms with Crippen LogP contribution >= 0.6 is 0 Å². The molecule has 13 nitrogen and oxygen atoms in total. The molecule has 33 heavy (non-hydrogen) atoms. The zero-order chi connectivity index (χ0) is 23.8. The zero-order valence-corrected chi connectivity index (χ0v) is 19.3. The molecule has 0 saturated carbocycles. The maximum Gasteiger partial charge on any atom is 0.300 e. The van der Waals surface area contributed by atoms with Crippen LogP contribution in [-0.2, 0) is 27.3 Å². The molecular formula is C20H29N7O6. The van der Waals surface area contributed by atoms with Gasteiger partial charge in [-0.25, -0.2) is 9.31 Å². The van der Waals surface area contributed by atoms with Crippen molar-refractivity contribution in [3.63, 3.8) is 0 Å². The van der Waals surface area contributed by atoms with Crippen LogP contribution in [0.3, 0.4) is 0 Å². The Balaban J connectivity index is 1.40. The van der Waals surface area contributed by atoms with Gasteiger partial charge >= 0.3 is 5.69 Å². The SMILES string of the molecule is CN(Cc1cn(CCOCCOCCOC(C)(C)C)nn1)c1ccc([N+](=O)[O-])c2nonc12. The number of aromatic nitrogens is 5. The fourth-order valence-electron chi connectivity index (χ4n) is 3.03. The van der Waals surface area contributed by atoms with E-state index in [1.165, 1.54) is 6.07 Å². The lowest BCUT2D eigenvalue weighted by atomic mass is 10.2. The molecule has 0 unspecified atom stereocenters. The van der Waals surface area contributed by atoms with Crippen LogP contribution in [0.1, 0.15) is 26.5 Å². The predicted molar refractivity (Wildman–Crippen MR) is 118 cm³/mol. The molecule has 1 aromatic carbocycles. The molecule has 3 aromatic rings. The summed E-state index contributed by atoms with van der Waals surface area (Å²) in [5.41, 5.74) is 1.48. The Kier molecular flexibility index (Phi) is 8.25. The third-order valence-electron chi connectivity index (χ3n) is 4.57. The summed E-state index contributed by atoms with van der Waals surface area (Å²) in [5, 5.41) is 26.9. The van der Waals surface area contributed by atoms with Gasteiger partial charge < -0.3 is 19.1 Å². The molecule has 0 fully saturated rings. The monoisotopic (exact) mass is 463 g/mol. The van der Waals surface area contributed by atoms with Crippen LogP contribution in [0, 0.1) is 10.1 Å². The minimum Gasteiger partial charge on any atom is -0.377 e. The number of benzene rings is 1. The van der Waals surface area contributed by atoms with Crippen molar-refractivity contribution in [1.29, 1.82) is 0 Å². The number of rotatable bonds is 13. The summed E-state index contributed by atoms with van der Waals surface area (Å²) < 4.78 is 23.0. The molecule has 13 heteroatoms. The van der Waals surface area contributed by atoms with E-state index in [4.69, 9.17) is 18.8 Å². The summed E-state index contributed by atoms with van der Waals surface area (Å²) in [6, 6.07) is 2.99. The van der Waals surface area contributed by atoms with Crippen molar-refractivity contribution >= 4 is 22.4 Å². The lowest BCUT2D eigenvalue weighted by Crippen LogP contribution is -2.22.